The molecule has 0 aliphatic heterocycles. The number of aromatic nitrogens is 3. The summed E-state index contributed by atoms with van der Waals surface area (Å²) in [7, 11) is 1.69. The molecule has 0 saturated heterocycles. The summed E-state index contributed by atoms with van der Waals surface area (Å²) in [6, 6.07) is 7.92. The van der Waals surface area contributed by atoms with Gasteiger partial charge < -0.3 is 14.6 Å². The first kappa shape index (κ1) is 23.1. The standard InChI is InChI=1S/C22H31ClN4O2S/c1-29-15-9-14-27-21(18-12-7-8-13-19(18)23)25-26-22(27)30-16-20(28)24-17-10-5-3-2-4-6-11-17/h7-8,12-13,17H,2-6,9-11,14-16H2,1H3,(H,24,28). The van der Waals surface area contributed by atoms with Gasteiger partial charge in [0.05, 0.1) is 10.8 Å². The van der Waals surface area contributed by atoms with Crippen molar-refractivity contribution < 1.29 is 9.53 Å². The van der Waals surface area contributed by atoms with Gasteiger partial charge in [-0.1, -0.05) is 67.6 Å². The van der Waals surface area contributed by atoms with Crippen molar-refractivity contribution >= 4 is 29.3 Å². The molecular formula is C22H31ClN4O2S. The number of halogens is 1. The lowest BCUT2D eigenvalue weighted by atomic mass is 9.97. The fraction of sp³-hybridized carbons (Fsp3) is 0.591. The van der Waals surface area contributed by atoms with Crippen LogP contribution in [0.25, 0.3) is 11.4 Å². The Kier molecular flexibility index (Phi) is 9.49. The molecule has 1 aromatic carbocycles. The minimum Gasteiger partial charge on any atom is -0.385 e. The number of carbonyl (C=O) groups is 1. The topological polar surface area (TPSA) is 69.0 Å². The van der Waals surface area contributed by atoms with Crippen LogP contribution in [-0.2, 0) is 16.1 Å². The Balaban J connectivity index is 1.65. The van der Waals surface area contributed by atoms with Crippen molar-refractivity contribution in [3.05, 3.63) is 29.3 Å². The minimum absolute atomic E-state index is 0.0660. The van der Waals surface area contributed by atoms with Gasteiger partial charge in [0.25, 0.3) is 0 Å². The van der Waals surface area contributed by atoms with E-state index >= 15 is 0 Å². The SMILES string of the molecule is COCCCn1c(SCC(=O)NC2CCCCCCC2)nnc1-c1ccccc1Cl. The van der Waals surface area contributed by atoms with Crippen LogP contribution < -0.4 is 5.32 Å². The molecule has 8 heteroatoms. The second kappa shape index (κ2) is 12.3. The third kappa shape index (κ3) is 6.72. The van der Waals surface area contributed by atoms with Crippen LogP contribution in [0.1, 0.15) is 51.4 Å². The van der Waals surface area contributed by atoms with Crippen molar-refractivity contribution in [1.29, 1.82) is 0 Å². The van der Waals surface area contributed by atoms with Crippen LogP contribution in [0, 0.1) is 0 Å². The Morgan fingerprint density at radius 2 is 1.93 bits per heavy atom. The first-order chi connectivity index (χ1) is 14.7. The van der Waals surface area contributed by atoms with Crippen LogP contribution in [0.2, 0.25) is 5.02 Å². The average Bonchev–Trinajstić information content (AvgIpc) is 3.11. The van der Waals surface area contributed by atoms with Gasteiger partial charge in [-0.15, -0.1) is 10.2 Å². The maximum Gasteiger partial charge on any atom is 0.230 e. The first-order valence-corrected chi connectivity index (χ1v) is 12.1. The maximum atomic E-state index is 12.6. The molecule has 3 rings (SSSR count). The Hall–Kier alpha value is -1.57. The van der Waals surface area contributed by atoms with E-state index in [1.807, 2.05) is 28.8 Å². The number of ether oxygens (including phenoxy) is 1. The van der Waals surface area contributed by atoms with Crippen LogP contribution in [0.3, 0.4) is 0 Å². The molecule has 1 aromatic heterocycles. The molecule has 164 valence electrons. The van der Waals surface area contributed by atoms with Crippen molar-refractivity contribution in [2.24, 2.45) is 0 Å². The van der Waals surface area contributed by atoms with E-state index in [4.69, 9.17) is 16.3 Å². The van der Waals surface area contributed by atoms with Gasteiger partial charge in [-0.3, -0.25) is 4.79 Å². The largest absolute Gasteiger partial charge is 0.385 e. The number of carbonyl (C=O) groups excluding carboxylic acids is 1. The van der Waals surface area contributed by atoms with E-state index < -0.39 is 0 Å². The van der Waals surface area contributed by atoms with E-state index in [2.05, 4.69) is 15.5 Å². The molecule has 0 spiro atoms. The number of hydrogen-bond acceptors (Lipinski definition) is 5. The summed E-state index contributed by atoms with van der Waals surface area (Å²) >= 11 is 7.81. The van der Waals surface area contributed by atoms with Gasteiger partial charge in [0.2, 0.25) is 5.91 Å². The summed E-state index contributed by atoms with van der Waals surface area (Å²) < 4.78 is 7.24. The summed E-state index contributed by atoms with van der Waals surface area (Å²) in [5.74, 6) is 1.12. The normalized spacial score (nSPS) is 15.5. The number of nitrogens with zero attached hydrogens (tertiary/aromatic N) is 3. The Morgan fingerprint density at radius 1 is 1.20 bits per heavy atom. The van der Waals surface area contributed by atoms with Gasteiger partial charge in [-0.05, 0) is 31.4 Å². The quantitative estimate of drug-likeness (QED) is 0.432. The fourth-order valence-electron chi connectivity index (χ4n) is 3.81. The summed E-state index contributed by atoms with van der Waals surface area (Å²) in [6.07, 6.45) is 9.27. The Bertz CT molecular complexity index is 806. The van der Waals surface area contributed by atoms with Crippen molar-refractivity contribution in [3.63, 3.8) is 0 Å². The highest BCUT2D eigenvalue weighted by Gasteiger charge is 2.19. The third-order valence-corrected chi connectivity index (χ3v) is 6.66. The number of thioether (sulfide) groups is 1. The molecule has 1 aliphatic carbocycles. The van der Waals surface area contributed by atoms with E-state index in [1.165, 1.54) is 43.9 Å². The van der Waals surface area contributed by atoms with Crippen LogP contribution in [0.4, 0.5) is 0 Å². The van der Waals surface area contributed by atoms with Crippen LogP contribution in [0.5, 0.6) is 0 Å². The predicted octanol–water partition coefficient (Wildman–Crippen LogP) is 4.96. The van der Waals surface area contributed by atoms with Crippen molar-refractivity contribution in [3.8, 4) is 11.4 Å². The monoisotopic (exact) mass is 450 g/mol. The number of hydrogen-bond donors (Lipinski definition) is 1. The minimum atomic E-state index is 0.0660. The summed E-state index contributed by atoms with van der Waals surface area (Å²) in [5, 5.41) is 13.3. The lowest BCUT2D eigenvalue weighted by Gasteiger charge is -2.20. The molecular weight excluding hydrogens is 420 g/mol. The molecule has 0 atom stereocenters. The van der Waals surface area contributed by atoms with Crippen molar-refractivity contribution in [1.82, 2.24) is 20.1 Å². The van der Waals surface area contributed by atoms with Crippen molar-refractivity contribution in [2.75, 3.05) is 19.5 Å². The van der Waals surface area contributed by atoms with Gasteiger partial charge in [0.1, 0.15) is 0 Å². The van der Waals surface area contributed by atoms with Gasteiger partial charge in [0.15, 0.2) is 11.0 Å². The number of methoxy groups -OCH3 is 1. The number of nitrogens with one attached hydrogen (secondary N) is 1. The van der Waals surface area contributed by atoms with Gasteiger partial charge in [-0.25, -0.2) is 0 Å². The molecule has 0 unspecified atom stereocenters. The highest BCUT2D eigenvalue weighted by Crippen LogP contribution is 2.29. The molecule has 1 heterocycles. The molecule has 1 amide bonds. The molecule has 1 N–H and O–H groups in total. The molecule has 6 nitrogen and oxygen atoms in total. The van der Waals surface area contributed by atoms with E-state index in [-0.39, 0.29) is 5.91 Å². The lowest BCUT2D eigenvalue weighted by Crippen LogP contribution is -2.36. The summed E-state index contributed by atoms with van der Waals surface area (Å²) in [6.45, 7) is 1.35. The van der Waals surface area contributed by atoms with Crippen LogP contribution >= 0.6 is 23.4 Å². The molecule has 0 radical (unpaired) electrons. The zero-order valence-electron chi connectivity index (χ0n) is 17.6. The van der Waals surface area contributed by atoms with Gasteiger partial charge in [-0.2, -0.15) is 0 Å². The molecule has 30 heavy (non-hydrogen) atoms. The number of rotatable bonds is 9. The predicted molar refractivity (Wildman–Crippen MR) is 122 cm³/mol. The average molecular weight is 451 g/mol. The maximum absolute atomic E-state index is 12.6. The highest BCUT2D eigenvalue weighted by molar-refractivity contribution is 7.99. The van der Waals surface area contributed by atoms with Crippen LogP contribution in [0.15, 0.2) is 29.4 Å². The Labute approximate surface area is 188 Å². The second-order valence-corrected chi connectivity index (χ2v) is 9.03. The molecule has 0 bridgehead atoms. The smallest absolute Gasteiger partial charge is 0.230 e. The fourth-order valence-corrected chi connectivity index (χ4v) is 4.80. The van der Waals surface area contributed by atoms with E-state index in [0.29, 0.717) is 30.0 Å². The first-order valence-electron chi connectivity index (χ1n) is 10.8. The summed E-state index contributed by atoms with van der Waals surface area (Å²) in [4.78, 5) is 12.6. The van der Waals surface area contributed by atoms with Crippen molar-refractivity contribution in [2.45, 2.75) is 69.1 Å². The number of benzene rings is 1. The van der Waals surface area contributed by atoms with E-state index in [1.54, 1.807) is 7.11 Å². The van der Waals surface area contributed by atoms with E-state index in [0.717, 1.165) is 35.8 Å². The number of amides is 1. The Morgan fingerprint density at radius 3 is 2.67 bits per heavy atom. The van der Waals surface area contributed by atoms with Gasteiger partial charge >= 0.3 is 0 Å². The molecule has 1 fully saturated rings. The highest BCUT2D eigenvalue weighted by atomic mass is 35.5. The zero-order chi connectivity index (χ0) is 21.2. The summed E-state index contributed by atoms with van der Waals surface area (Å²) in [5.41, 5.74) is 0.843. The third-order valence-electron chi connectivity index (χ3n) is 5.36. The lowest BCUT2D eigenvalue weighted by molar-refractivity contribution is -0.119. The molecule has 2 aromatic rings. The van der Waals surface area contributed by atoms with Gasteiger partial charge in [0, 0.05) is 31.9 Å². The second-order valence-electron chi connectivity index (χ2n) is 7.68. The van der Waals surface area contributed by atoms with Crippen LogP contribution in [-0.4, -0.2) is 46.2 Å². The van der Waals surface area contributed by atoms with E-state index in [9.17, 15) is 4.79 Å². The molecule has 1 saturated carbocycles. The zero-order valence-corrected chi connectivity index (χ0v) is 19.2. The molecule has 1 aliphatic rings.